The Morgan fingerprint density at radius 1 is 1.06 bits per heavy atom. The van der Waals surface area contributed by atoms with Crippen molar-refractivity contribution in [2.75, 3.05) is 12.4 Å². The van der Waals surface area contributed by atoms with Crippen molar-refractivity contribution in [1.29, 1.82) is 0 Å². The Morgan fingerprint density at radius 2 is 1.76 bits per heavy atom. The van der Waals surface area contributed by atoms with E-state index in [-0.39, 0.29) is 23.7 Å². The van der Waals surface area contributed by atoms with Gasteiger partial charge >= 0.3 is 6.03 Å². The predicted molar refractivity (Wildman–Crippen MR) is 136 cm³/mol. The number of aromatic nitrogens is 1. The molecular formula is C27H32N4O2. The van der Waals surface area contributed by atoms with Gasteiger partial charge in [-0.15, -0.1) is 0 Å². The summed E-state index contributed by atoms with van der Waals surface area (Å²) in [6.45, 7) is 10.4. The molecule has 0 unspecified atom stereocenters. The second-order valence-electron chi connectivity index (χ2n) is 9.34. The number of amides is 2. The van der Waals surface area contributed by atoms with Gasteiger partial charge in [0, 0.05) is 30.1 Å². The molecule has 2 amide bonds. The van der Waals surface area contributed by atoms with Crippen molar-refractivity contribution in [3.8, 4) is 0 Å². The number of benzene rings is 2. The lowest BCUT2D eigenvalue weighted by atomic mass is 9.87. The minimum Gasteiger partial charge on any atom is -0.352 e. The molecule has 0 saturated heterocycles. The number of Topliss-reactive ketones (excluding diaryl/α,β-unsaturated/α-hetero) is 1. The van der Waals surface area contributed by atoms with E-state index in [2.05, 4.69) is 47.4 Å². The van der Waals surface area contributed by atoms with Crippen LogP contribution in [0.1, 0.15) is 49.3 Å². The Balaban J connectivity index is 1.60. The highest BCUT2D eigenvalue weighted by Gasteiger charge is 2.14. The molecule has 0 spiro atoms. The normalized spacial score (nSPS) is 12.7. The van der Waals surface area contributed by atoms with E-state index in [1.165, 1.54) is 0 Å². The third-order valence-corrected chi connectivity index (χ3v) is 5.67. The van der Waals surface area contributed by atoms with Crippen molar-refractivity contribution >= 4 is 34.2 Å². The quantitative estimate of drug-likeness (QED) is 0.254. The van der Waals surface area contributed by atoms with Gasteiger partial charge in [0.25, 0.3) is 0 Å². The average molecular weight is 445 g/mol. The maximum atomic E-state index is 12.7. The zero-order valence-electron chi connectivity index (χ0n) is 20.2. The van der Waals surface area contributed by atoms with Gasteiger partial charge in [0.1, 0.15) is 5.84 Å². The Morgan fingerprint density at radius 3 is 2.39 bits per heavy atom. The average Bonchev–Trinajstić information content (AvgIpc) is 3.17. The number of fused-ring (bicyclic) bond motifs is 1. The van der Waals surface area contributed by atoms with Crippen LogP contribution in [0.5, 0.6) is 0 Å². The van der Waals surface area contributed by atoms with Gasteiger partial charge in [-0.1, -0.05) is 50.1 Å². The molecule has 3 rings (SSSR count). The standard InChI is InChI=1S/C27H32N4O2/c1-17-7-12-22-20(13-17)16-23(30-22)24(32)15-19-8-10-21(11-9-19)29-26(33)31-25(28-6)14-18(2)27(3,4)5/h7-14,16,30H,15H2,1-6H3,(H2,28,29,31,33)/b18-14+. The molecule has 172 valence electrons. The SMILES string of the molecule is CN=C(/C=C(\C)C(C)(C)C)NC(=O)Nc1ccc(CC(=O)c2cc3cc(C)ccc3[nH]2)cc1. The van der Waals surface area contributed by atoms with E-state index in [9.17, 15) is 9.59 Å². The first kappa shape index (κ1) is 24.0. The van der Waals surface area contributed by atoms with Crippen LogP contribution in [-0.4, -0.2) is 29.7 Å². The summed E-state index contributed by atoms with van der Waals surface area (Å²) in [4.78, 5) is 32.4. The molecular weight excluding hydrogens is 412 g/mol. The number of amidine groups is 1. The van der Waals surface area contributed by atoms with Crippen LogP contribution in [0.15, 0.2) is 65.2 Å². The van der Waals surface area contributed by atoms with Gasteiger partial charge in [-0.05, 0) is 61.2 Å². The number of rotatable bonds is 5. The van der Waals surface area contributed by atoms with Gasteiger partial charge in [0.15, 0.2) is 5.78 Å². The molecule has 0 atom stereocenters. The number of carbonyl (C=O) groups excluding carboxylic acids is 2. The highest BCUT2D eigenvalue weighted by atomic mass is 16.2. The summed E-state index contributed by atoms with van der Waals surface area (Å²) in [5, 5.41) is 6.60. The molecule has 0 aliphatic rings. The second-order valence-corrected chi connectivity index (χ2v) is 9.34. The molecule has 3 aromatic rings. The summed E-state index contributed by atoms with van der Waals surface area (Å²) in [5.74, 6) is 0.516. The highest BCUT2D eigenvalue weighted by molar-refractivity contribution is 6.08. The number of urea groups is 1. The van der Waals surface area contributed by atoms with Crippen LogP contribution in [-0.2, 0) is 6.42 Å². The van der Waals surface area contributed by atoms with Crippen LogP contribution in [0.3, 0.4) is 0 Å². The summed E-state index contributed by atoms with van der Waals surface area (Å²) in [5.41, 5.74) is 5.33. The fraction of sp³-hybridized carbons (Fsp3) is 0.296. The van der Waals surface area contributed by atoms with E-state index < -0.39 is 0 Å². The Bertz CT molecular complexity index is 1230. The molecule has 0 saturated carbocycles. The number of hydrogen-bond donors (Lipinski definition) is 3. The molecule has 6 nitrogen and oxygen atoms in total. The molecule has 0 bridgehead atoms. The summed E-state index contributed by atoms with van der Waals surface area (Å²) in [6.07, 6.45) is 2.15. The van der Waals surface area contributed by atoms with Gasteiger partial charge in [0.05, 0.1) is 5.69 Å². The molecule has 0 fully saturated rings. The number of ketones is 1. The number of aromatic amines is 1. The molecule has 6 heteroatoms. The van der Waals surface area contributed by atoms with Crippen molar-refractivity contribution < 1.29 is 9.59 Å². The van der Waals surface area contributed by atoms with E-state index in [4.69, 9.17) is 0 Å². The fourth-order valence-corrected chi connectivity index (χ4v) is 3.25. The lowest BCUT2D eigenvalue weighted by Gasteiger charge is -2.20. The number of aliphatic imine (C=N–C) groups is 1. The minimum absolute atomic E-state index is 0.00679. The molecule has 2 aromatic carbocycles. The number of carbonyl (C=O) groups is 2. The molecule has 3 N–H and O–H groups in total. The van der Waals surface area contributed by atoms with E-state index in [1.807, 2.05) is 50.3 Å². The Kier molecular flexibility index (Phi) is 7.16. The van der Waals surface area contributed by atoms with Crippen LogP contribution in [0.4, 0.5) is 10.5 Å². The topological polar surface area (TPSA) is 86.3 Å². The Hall–Kier alpha value is -3.67. The summed E-state index contributed by atoms with van der Waals surface area (Å²) in [7, 11) is 1.64. The smallest absolute Gasteiger partial charge is 0.324 e. The summed E-state index contributed by atoms with van der Waals surface area (Å²) >= 11 is 0. The molecule has 0 radical (unpaired) electrons. The van der Waals surface area contributed by atoms with Crippen molar-refractivity contribution in [3.63, 3.8) is 0 Å². The number of aryl methyl sites for hydroxylation is 1. The lowest BCUT2D eigenvalue weighted by molar-refractivity contribution is 0.0989. The maximum absolute atomic E-state index is 12.7. The van der Waals surface area contributed by atoms with Gasteiger partial charge < -0.3 is 10.3 Å². The van der Waals surface area contributed by atoms with Crippen LogP contribution in [0.2, 0.25) is 0 Å². The first-order chi connectivity index (χ1) is 15.5. The molecule has 33 heavy (non-hydrogen) atoms. The van der Waals surface area contributed by atoms with E-state index in [1.54, 1.807) is 19.2 Å². The second kappa shape index (κ2) is 9.86. The van der Waals surface area contributed by atoms with E-state index in [0.29, 0.717) is 17.2 Å². The van der Waals surface area contributed by atoms with Gasteiger partial charge in [-0.3, -0.25) is 15.1 Å². The number of anilines is 1. The number of H-pyrrole nitrogens is 1. The molecule has 1 aromatic heterocycles. The zero-order valence-corrected chi connectivity index (χ0v) is 20.2. The fourth-order valence-electron chi connectivity index (χ4n) is 3.25. The van der Waals surface area contributed by atoms with Crippen molar-refractivity contribution in [1.82, 2.24) is 10.3 Å². The van der Waals surface area contributed by atoms with Crippen molar-refractivity contribution in [2.45, 2.75) is 41.0 Å². The third-order valence-electron chi connectivity index (χ3n) is 5.67. The first-order valence-corrected chi connectivity index (χ1v) is 11.0. The third kappa shape index (κ3) is 6.42. The van der Waals surface area contributed by atoms with Crippen LogP contribution in [0.25, 0.3) is 10.9 Å². The van der Waals surface area contributed by atoms with Crippen LogP contribution in [0, 0.1) is 12.3 Å². The number of allylic oxidation sites excluding steroid dienone is 1. The lowest BCUT2D eigenvalue weighted by Crippen LogP contribution is -2.33. The highest BCUT2D eigenvalue weighted by Crippen LogP contribution is 2.24. The minimum atomic E-state index is -0.370. The number of hydrogen-bond acceptors (Lipinski definition) is 3. The molecule has 0 aliphatic heterocycles. The van der Waals surface area contributed by atoms with Crippen LogP contribution >= 0.6 is 0 Å². The zero-order chi connectivity index (χ0) is 24.2. The largest absolute Gasteiger partial charge is 0.352 e. The molecule has 1 heterocycles. The van der Waals surface area contributed by atoms with E-state index in [0.717, 1.165) is 27.6 Å². The number of nitrogens with zero attached hydrogens (tertiary/aromatic N) is 1. The maximum Gasteiger partial charge on any atom is 0.324 e. The molecule has 0 aliphatic carbocycles. The summed E-state index contributed by atoms with van der Waals surface area (Å²) < 4.78 is 0. The van der Waals surface area contributed by atoms with Crippen LogP contribution < -0.4 is 10.6 Å². The van der Waals surface area contributed by atoms with Gasteiger partial charge in [0.2, 0.25) is 0 Å². The van der Waals surface area contributed by atoms with Crippen molar-refractivity contribution in [2.24, 2.45) is 10.4 Å². The Labute approximate surface area is 195 Å². The monoisotopic (exact) mass is 444 g/mol. The predicted octanol–water partition coefficient (Wildman–Crippen LogP) is 6.04. The van der Waals surface area contributed by atoms with E-state index >= 15 is 0 Å². The van der Waals surface area contributed by atoms with Gasteiger partial charge in [-0.25, -0.2) is 4.79 Å². The first-order valence-electron chi connectivity index (χ1n) is 11.0. The summed E-state index contributed by atoms with van der Waals surface area (Å²) in [6, 6.07) is 14.9. The number of nitrogens with one attached hydrogen (secondary N) is 3. The van der Waals surface area contributed by atoms with Gasteiger partial charge in [-0.2, -0.15) is 0 Å². The van der Waals surface area contributed by atoms with Crippen molar-refractivity contribution in [3.05, 3.63) is 77.0 Å².